The van der Waals surface area contributed by atoms with Gasteiger partial charge in [0.05, 0.1) is 5.56 Å². The number of aromatic nitrogens is 2. The fourth-order valence-electron chi connectivity index (χ4n) is 3.26. The maximum Gasteiger partial charge on any atom is 0.416 e. The number of piperidine rings is 1. The van der Waals surface area contributed by atoms with Gasteiger partial charge >= 0.3 is 6.18 Å². The molecule has 6 nitrogen and oxygen atoms in total. The maximum atomic E-state index is 13.1. The molecule has 2 heterocycles. The summed E-state index contributed by atoms with van der Waals surface area (Å²) in [5.41, 5.74) is -0.648. The number of hydrogen-bond donors (Lipinski definition) is 2. The molecule has 1 aromatic heterocycles. The van der Waals surface area contributed by atoms with Crippen LogP contribution in [0.25, 0.3) is 0 Å². The lowest BCUT2D eigenvalue weighted by Gasteiger charge is -2.31. The molecule has 1 aliphatic rings. The van der Waals surface area contributed by atoms with E-state index in [1.54, 1.807) is 19.3 Å². The minimum absolute atomic E-state index is 0.0677. The highest BCUT2D eigenvalue weighted by Gasteiger charge is 2.33. The minimum atomic E-state index is -4.44. The van der Waals surface area contributed by atoms with Crippen molar-refractivity contribution in [3.05, 3.63) is 47.7 Å². The summed E-state index contributed by atoms with van der Waals surface area (Å²) in [5.74, 6) is 0.862. The number of amides is 1. The van der Waals surface area contributed by atoms with Crippen LogP contribution in [0.5, 0.6) is 0 Å². The van der Waals surface area contributed by atoms with Crippen LogP contribution in [0.4, 0.5) is 24.9 Å². The van der Waals surface area contributed by atoms with Gasteiger partial charge in [-0.15, -0.1) is 0 Å². The first-order valence-corrected chi connectivity index (χ1v) is 9.07. The number of carbonyl (C=O) groups is 1. The van der Waals surface area contributed by atoms with Crippen molar-refractivity contribution in [3.8, 4) is 0 Å². The maximum absolute atomic E-state index is 13.1. The Labute approximate surface area is 161 Å². The van der Waals surface area contributed by atoms with Crippen molar-refractivity contribution in [2.24, 2.45) is 5.92 Å². The summed E-state index contributed by atoms with van der Waals surface area (Å²) in [7, 11) is 1.78. The van der Waals surface area contributed by atoms with Crippen molar-refractivity contribution in [3.63, 3.8) is 0 Å². The molecule has 1 fully saturated rings. The predicted molar refractivity (Wildman–Crippen MR) is 99.8 cm³/mol. The molecule has 0 saturated carbocycles. The Hall–Kier alpha value is -2.84. The normalized spacial score (nSPS) is 15.4. The highest BCUT2D eigenvalue weighted by Crippen LogP contribution is 2.32. The third kappa shape index (κ3) is 4.71. The van der Waals surface area contributed by atoms with Gasteiger partial charge in [-0.2, -0.15) is 18.2 Å². The van der Waals surface area contributed by atoms with E-state index in [9.17, 15) is 18.0 Å². The number of hydrogen-bond acceptors (Lipinski definition) is 5. The quantitative estimate of drug-likeness (QED) is 0.817. The molecule has 28 heavy (non-hydrogen) atoms. The van der Waals surface area contributed by atoms with Crippen molar-refractivity contribution in [2.45, 2.75) is 25.6 Å². The van der Waals surface area contributed by atoms with Gasteiger partial charge in [-0.1, -0.05) is 18.2 Å². The fourth-order valence-corrected chi connectivity index (χ4v) is 3.26. The van der Waals surface area contributed by atoms with E-state index in [1.165, 1.54) is 18.2 Å². The lowest BCUT2D eigenvalue weighted by atomic mass is 9.96. The molecule has 0 unspecified atom stereocenters. The van der Waals surface area contributed by atoms with Crippen LogP contribution in [0.1, 0.15) is 24.0 Å². The number of nitrogens with one attached hydrogen (secondary N) is 2. The smallest absolute Gasteiger partial charge is 0.373 e. The Morgan fingerprint density at radius 1 is 1.21 bits per heavy atom. The van der Waals surface area contributed by atoms with Crippen LogP contribution >= 0.6 is 0 Å². The largest absolute Gasteiger partial charge is 0.416 e. The molecule has 2 aromatic rings. The van der Waals surface area contributed by atoms with Crippen LogP contribution in [-0.2, 0) is 17.5 Å². The molecule has 1 aromatic carbocycles. The Morgan fingerprint density at radius 3 is 2.61 bits per heavy atom. The Balaban J connectivity index is 1.55. The van der Waals surface area contributed by atoms with Crippen molar-refractivity contribution >= 4 is 17.7 Å². The van der Waals surface area contributed by atoms with Gasteiger partial charge in [0.2, 0.25) is 11.9 Å². The predicted octanol–water partition coefficient (Wildman–Crippen LogP) is 3.07. The lowest BCUT2D eigenvalue weighted by Crippen LogP contribution is -2.41. The van der Waals surface area contributed by atoms with Gasteiger partial charge in [0.1, 0.15) is 5.82 Å². The molecule has 0 bridgehead atoms. The van der Waals surface area contributed by atoms with Crippen LogP contribution in [0.2, 0.25) is 0 Å². The van der Waals surface area contributed by atoms with Crippen LogP contribution in [-0.4, -0.2) is 36.0 Å². The zero-order chi connectivity index (χ0) is 20.1. The standard InChI is InChI=1S/C19H22F3N5O/c1-23-16-6-9-24-18(26-16)27-10-7-13(8-11-27)17(28)25-12-14-4-2-3-5-15(14)19(20,21)22/h2-6,9,13H,7-8,10-12H2,1H3,(H,25,28)(H,23,24,26). The lowest BCUT2D eigenvalue weighted by molar-refractivity contribution is -0.138. The summed E-state index contributed by atoms with van der Waals surface area (Å²) in [6.45, 7) is 1.09. The first-order valence-electron chi connectivity index (χ1n) is 9.07. The van der Waals surface area contributed by atoms with Crippen LogP contribution < -0.4 is 15.5 Å². The number of nitrogens with zero attached hydrogens (tertiary/aromatic N) is 3. The number of carbonyl (C=O) groups excluding carboxylic acids is 1. The summed E-state index contributed by atoms with van der Waals surface area (Å²) in [6.07, 6.45) is -1.57. The molecule has 1 aliphatic heterocycles. The van der Waals surface area contributed by atoms with Crippen LogP contribution in [0.3, 0.4) is 0 Å². The van der Waals surface area contributed by atoms with Crippen LogP contribution in [0.15, 0.2) is 36.5 Å². The number of halogens is 3. The van der Waals surface area contributed by atoms with E-state index >= 15 is 0 Å². The van der Waals surface area contributed by atoms with E-state index in [2.05, 4.69) is 20.6 Å². The van der Waals surface area contributed by atoms with E-state index in [-0.39, 0.29) is 23.9 Å². The van der Waals surface area contributed by atoms with Crippen molar-refractivity contribution in [2.75, 3.05) is 30.4 Å². The average Bonchev–Trinajstić information content (AvgIpc) is 2.71. The molecule has 0 atom stereocenters. The van der Waals surface area contributed by atoms with Gasteiger partial charge in [0.15, 0.2) is 0 Å². The first-order chi connectivity index (χ1) is 13.4. The molecule has 1 amide bonds. The second-order valence-electron chi connectivity index (χ2n) is 6.63. The topological polar surface area (TPSA) is 70.2 Å². The Bertz CT molecular complexity index is 819. The molecular formula is C19H22F3N5O. The van der Waals surface area contributed by atoms with Gasteiger partial charge in [-0.25, -0.2) is 4.98 Å². The molecule has 2 N–H and O–H groups in total. The van der Waals surface area contributed by atoms with Gasteiger partial charge in [0, 0.05) is 38.8 Å². The van der Waals surface area contributed by atoms with Gasteiger partial charge in [-0.3, -0.25) is 4.79 Å². The second-order valence-corrected chi connectivity index (χ2v) is 6.63. The molecular weight excluding hydrogens is 371 g/mol. The average molecular weight is 393 g/mol. The van der Waals surface area contributed by atoms with Crippen molar-refractivity contribution in [1.82, 2.24) is 15.3 Å². The number of alkyl halides is 3. The van der Waals surface area contributed by atoms with E-state index < -0.39 is 11.7 Å². The van der Waals surface area contributed by atoms with E-state index in [0.717, 1.165) is 6.07 Å². The Morgan fingerprint density at radius 2 is 1.93 bits per heavy atom. The fraction of sp³-hybridized carbons (Fsp3) is 0.421. The molecule has 0 spiro atoms. The molecule has 0 aliphatic carbocycles. The third-order valence-corrected chi connectivity index (χ3v) is 4.82. The van der Waals surface area contributed by atoms with E-state index in [4.69, 9.17) is 0 Å². The Kier molecular flexibility index (Phi) is 6.01. The summed E-state index contributed by atoms with van der Waals surface area (Å²) < 4.78 is 39.2. The molecule has 3 rings (SSSR count). The molecule has 9 heteroatoms. The number of anilines is 2. The SMILES string of the molecule is CNc1ccnc(N2CCC(C(=O)NCc3ccccc3C(F)(F)F)CC2)n1. The molecule has 0 radical (unpaired) electrons. The second kappa shape index (κ2) is 8.45. The molecule has 1 saturated heterocycles. The van der Waals surface area contributed by atoms with Crippen molar-refractivity contribution in [1.29, 1.82) is 0 Å². The highest BCUT2D eigenvalue weighted by molar-refractivity contribution is 5.79. The summed E-state index contributed by atoms with van der Waals surface area (Å²) in [6, 6.07) is 7.06. The third-order valence-electron chi connectivity index (χ3n) is 4.82. The number of rotatable bonds is 5. The minimum Gasteiger partial charge on any atom is -0.373 e. The van der Waals surface area contributed by atoms with E-state index in [0.29, 0.717) is 37.7 Å². The summed E-state index contributed by atoms with van der Waals surface area (Å²) in [5, 5.41) is 5.61. The monoisotopic (exact) mass is 393 g/mol. The first kappa shape index (κ1) is 19.9. The van der Waals surface area contributed by atoms with Gasteiger partial charge in [-0.05, 0) is 30.5 Å². The van der Waals surface area contributed by atoms with E-state index in [1.807, 2.05) is 4.90 Å². The van der Waals surface area contributed by atoms with Gasteiger partial charge < -0.3 is 15.5 Å². The number of benzene rings is 1. The zero-order valence-electron chi connectivity index (χ0n) is 15.5. The van der Waals surface area contributed by atoms with Crippen LogP contribution in [0, 0.1) is 5.92 Å². The summed E-state index contributed by atoms with van der Waals surface area (Å²) in [4.78, 5) is 23.1. The van der Waals surface area contributed by atoms with Gasteiger partial charge in [0.25, 0.3) is 0 Å². The van der Waals surface area contributed by atoms with Crippen molar-refractivity contribution < 1.29 is 18.0 Å². The molecule has 150 valence electrons. The highest BCUT2D eigenvalue weighted by atomic mass is 19.4. The summed E-state index contributed by atoms with van der Waals surface area (Å²) >= 11 is 0. The zero-order valence-corrected chi connectivity index (χ0v) is 15.5.